The molecule has 1 aromatic carbocycles. The molecule has 0 aliphatic rings. The highest BCUT2D eigenvalue weighted by atomic mass is 32.1. The van der Waals surface area contributed by atoms with Crippen LogP contribution in [0.3, 0.4) is 0 Å². The molecule has 0 saturated carbocycles. The Labute approximate surface area is 171 Å². The van der Waals surface area contributed by atoms with E-state index >= 15 is 0 Å². The zero-order valence-electron chi connectivity index (χ0n) is 16.1. The maximum atomic E-state index is 12.6. The van der Waals surface area contributed by atoms with E-state index in [1.165, 1.54) is 29.8 Å². The van der Waals surface area contributed by atoms with Gasteiger partial charge < -0.3 is 14.8 Å². The fourth-order valence-electron chi connectivity index (χ4n) is 2.79. The summed E-state index contributed by atoms with van der Waals surface area (Å²) in [7, 11) is 1.32. The van der Waals surface area contributed by atoms with Crippen LogP contribution in [0.25, 0.3) is 0 Å². The molecule has 0 bridgehead atoms. The molecule has 28 heavy (non-hydrogen) atoms. The van der Waals surface area contributed by atoms with Crippen molar-refractivity contribution in [2.24, 2.45) is 0 Å². The molecule has 5 nitrogen and oxygen atoms in total. The maximum absolute atomic E-state index is 12.6. The van der Waals surface area contributed by atoms with Gasteiger partial charge in [0.25, 0.3) is 5.91 Å². The number of anilines is 1. The Morgan fingerprint density at radius 1 is 1.04 bits per heavy atom. The van der Waals surface area contributed by atoms with Gasteiger partial charge in [0.2, 0.25) is 0 Å². The Kier molecular flexibility index (Phi) is 6.16. The summed E-state index contributed by atoms with van der Waals surface area (Å²) in [6, 6.07) is 9.58. The van der Waals surface area contributed by atoms with Gasteiger partial charge in [0.05, 0.1) is 17.6 Å². The van der Waals surface area contributed by atoms with Crippen LogP contribution in [0.4, 0.5) is 5.00 Å². The number of methoxy groups -OCH3 is 1. The van der Waals surface area contributed by atoms with Gasteiger partial charge >= 0.3 is 5.97 Å². The molecule has 0 radical (unpaired) electrons. The highest BCUT2D eigenvalue weighted by molar-refractivity contribution is 7.17. The predicted octanol–water partition coefficient (Wildman–Crippen LogP) is 5.35. The number of aryl methyl sites for hydroxylation is 3. The average molecular weight is 416 g/mol. The molecule has 0 atom stereocenters. The second kappa shape index (κ2) is 8.58. The minimum atomic E-state index is -0.464. The molecule has 0 fully saturated rings. The number of benzene rings is 1. The van der Waals surface area contributed by atoms with E-state index in [1.54, 1.807) is 12.1 Å². The van der Waals surface area contributed by atoms with Crippen molar-refractivity contribution in [1.82, 2.24) is 0 Å². The molecule has 7 heteroatoms. The van der Waals surface area contributed by atoms with Crippen LogP contribution in [-0.2, 0) is 11.3 Å². The number of ether oxygens (including phenoxy) is 2. The average Bonchev–Trinajstić information content (AvgIpc) is 3.25. The summed E-state index contributed by atoms with van der Waals surface area (Å²) in [4.78, 5) is 25.9. The van der Waals surface area contributed by atoms with E-state index in [-0.39, 0.29) is 5.91 Å². The molecule has 0 saturated heterocycles. The second-order valence-corrected chi connectivity index (χ2v) is 8.64. The molecule has 2 heterocycles. The van der Waals surface area contributed by atoms with E-state index in [1.807, 2.05) is 38.3 Å². The quantitative estimate of drug-likeness (QED) is 0.551. The normalized spacial score (nSPS) is 10.6. The highest BCUT2D eigenvalue weighted by Crippen LogP contribution is 2.29. The molecule has 3 aromatic rings. The van der Waals surface area contributed by atoms with Crippen molar-refractivity contribution < 1.29 is 19.1 Å². The van der Waals surface area contributed by atoms with Crippen molar-refractivity contribution in [3.63, 3.8) is 0 Å². The van der Waals surface area contributed by atoms with Crippen LogP contribution < -0.4 is 10.1 Å². The Balaban J connectivity index is 1.67. The number of thiophene rings is 2. The van der Waals surface area contributed by atoms with Gasteiger partial charge in [0.15, 0.2) is 0 Å². The maximum Gasteiger partial charge on any atom is 0.340 e. The summed E-state index contributed by atoms with van der Waals surface area (Å²) in [6.07, 6.45) is 0. The van der Waals surface area contributed by atoms with E-state index in [4.69, 9.17) is 9.47 Å². The van der Waals surface area contributed by atoms with Crippen molar-refractivity contribution >= 4 is 39.6 Å². The fourth-order valence-corrected chi connectivity index (χ4v) is 4.47. The fraction of sp³-hybridized carbons (Fsp3) is 0.238. The number of nitrogens with one attached hydrogen (secondary N) is 1. The van der Waals surface area contributed by atoms with Crippen LogP contribution in [0, 0.1) is 20.8 Å². The number of hydrogen-bond donors (Lipinski definition) is 1. The van der Waals surface area contributed by atoms with Gasteiger partial charge in [-0.3, -0.25) is 4.79 Å². The monoisotopic (exact) mass is 415 g/mol. The van der Waals surface area contributed by atoms with Gasteiger partial charge in [-0.1, -0.05) is 6.07 Å². The van der Waals surface area contributed by atoms with Gasteiger partial charge in [0, 0.05) is 10.4 Å². The Morgan fingerprint density at radius 2 is 1.75 bits per heavy atom. The lowest BCUT2D eigenvalue weighted by Gasteiger charge is -2.07. The summed E-state index contributed by atoms with van der Waals surface area (Å²) in [6.45, 7) is 6.32. The first-order valence-electron chi connectivity index (χ1n) is 8.64. The van der Waals surface area contributed by atoms with Gasteiger partial charge in [-0.15, -0.1) is 22.7 Å². The largest absolute Gasteiger partial charge is 0.489 e. The third-order valence-corrected chi connectivity index (χ3v) is 5.91. The van der Waals surface area contributed by atoms with Crippen molar-refractivity contribution in [3.05, 3.63) is 67.7 Å². The van der Waals surface area contributed by atoms with Crippen LogP contribution >= 0.6 is 22.7 Å². The van der Waals surface area contributed by atoms with Crippen LogP contribution in [0.1, 0.15) is 41.6 Å². The van der Waals surface area contributed by atoms with Crippen LogP contribution in [-0.4, -0.2) is 19.0 Å². The van der Waals surface area contributed by atoms with E-state index in [9.17, 15) is 9.59 Å². The van der Waals surface area contributed by atoms with Crippen LogP contribution in [0.2, 0.25) is 0 Å². The summed E-state index contributed by atoms with van der Waals surface area (Å²) in [5.41, 5.74) is 3.58. The minimum absolute atomic E-state index is 0.255. The smallest absolute Gasteiger partial charge is 0.340 e. The molecule has 3 rings (SSSR count). The summed E-state index contributed by atoms with van der Waals surface area (Å²) in [5.74, 6) is 0.0921. The summed E-state index contributed by atoms with van der Waals surface area (Å²) >= 11 is 2.69. The van der Waals surface area contributed by atoms with Crippen LogP contribution in [0.15, 0.2) is 35.7 Å². The topological polar surface area (TPSA) is 64.6 Å². The molecule has 0 aliphatic heterocycles. The standard InChI is InChI=1S/C21H21NO4S2/c1-12-5-13(2)7-16(6-12)26-10-15-9-18(27-11-15)19(23)22-20-17(21(24)25-4)8-14(3)28-20/h5-9,11H,10H2,1-4H3,(H,22,23). The van der Waals surface area contributed by atoms with Crippen molar-refractivity contribution in [2.75, 3.05) is 12.4 Å². The lowest BCUT2D eigenvalue weighted by Crippen LogP contribution is -2.12. The van der Waals surface area contributed by atoms with Gasteiger partial charge in [-0.25, -0.2) is 4.79 Å². The lowest BCUT2D eigenvalue weighted by molar-refractivity contribution is 0.0602. The SMILES string of the molecule is COC(=O)c1cc(C)sc1NC(=O)c1cc(COc2cc(C)cc(C)c2)cs1. The van der Waals surface area contributed by atoms with Crippen molar-refractivity contribution in [3.8, 4) is 5.75 Å². The predicted molar refractivity (Wildman–Crippen MR) is 113 cm³/mol. The Bertz CT molecular complexity index is 999. The van der Waals surface area contributed by atoms with Crippen molar-refractivity contribution in [1.29, 1.82) is 0 Å². The third-order valence-electron chi connectivity index (χ3n) is 3.97. The summed E-state index contributed by atoms with van der Waals surface area (Å²) in [5, 5.41) is 5.21. The number of rotatable bonds is 6. The van der Waals surface area contributed by atoms with E-state index < -0.39 is 5.97 Å². The Hall–Kier alpha value is -2.64. The van der Waals surface area contributed by atoms with Gasteiger partial charge in [0.1, 0.15) is 17.4 Å². The zero-order chi connectivity index (χ0) is 20.3. The second-order valence-electron chi connectivity index (χ2n) is 6.48. The highest BCUT2D eigenvalue weighted by Gasteiger charge is 2.19. The number of carbonyl (C=O) groups excluding carboxylic acids is 2. The third kappa shape index (κ3) is 4.79. The first-order valence-corrected chi connectivity index (χ1v) is 10.3. The molecule has 1 N–H and O–H groups in total. The number of esters is 1. The van der Waals surface area contributed by atoms with Crippen molar-refractivity contribution in [2.45, 2.75) is 27.4 Å². The molecule has 1 amide bonds. The molecule has 0 aliphatic carbocycles. The lowest BCUT2D eigenvalue weighted by atomic mass is 10.1. The molecule has 146 valence electrons. The van der Waals surface area contributed by atoms with Crippen LogP contribution in [0.5, 0.6) is 5.75 Å². The summed E-state index contributed by atoms with van der Waals surface area (Å²) < 4.78 is 10.6. The molecule has 0 spiro atoms. The number of hydrogen-bond acceptors (Lipinski definition) is 6. The molecular formula is C21H21NO4S2. The van der Waals surface area contributed by atoms with E-state index in [0.717, 1.165) is 27.3 Å². The van der Waals surface area contributed by atoms with E-state index in [0.29, 0.717) is 22.0 Å². The van der Waals surface area contributed by atoms with Gasteiger partial charge in [-0.05, 0) is 61.5 Å². The number of amides is 1. The Morgan fingerprint density at radius 3 is 2.43 bits per heavy atom. The van der Waals surface area contributed by atoms with E-state index in [2.05, 4.69) is 11.4 Å². The van der Waals surface area contributed by atoms with Gasteiger partial charge in [-0.2, -0.15) is 0 Å². The minimum Gasteiger partial charge on any atom is -0.489 e. The molecule has 0 unspecified atom stereocenters. The molecular weight excluding hydrogens is 394 g/mol. The first-order chi connectivity index (χ1) is 13.4. The number of carbonyl (C=O) groups is 2. The zero-order valence-corrected chi connectivity index (χ0v) is 17.8. The molecule has 2 aromatic heterocycles. The first kappa shape index (κ1) is 20.1.